The Bertz CT molecular complexity index is 710. The lowest BCUT2D eigenvalue weighted by Crippen LogP contribution is -2.35. The van der Waals surface area contributed by atoms with Crippen LogP contribution in [0.15, 0.2) is 48.5 Å². The van der Waals surface area contributed by atoms with Crippen LogP contribution in [0.2, 0.25) is 0 Å². The van der Waals surface area contributed by atoms with E-state index in [1.165, 1.54) is 0 Å². The van der Waals surface area contributed by atoms with Crippen molar-refractivity contribution >= 4 is 17.5 Å². The van der Waals surface area contributed by atoms with E-state index in [0.29, 0.717) is 18.5 Å². The maximum Gasteiger partial charge on any atom is 0.249 e. The Morgan fingerprint density at radius 2 is 1.77 bits per heavy atom. The second kappa shape index (κ2) is 6.02. The van der Waals surface area contributed by atoms with E-state index in [4.69, 9.17) is 5.73 Å². The Labute approximate surface area is 129 Å². The first-order valence-electron chi connectivity index (χ1n) is 7.47. The van der Waals surface area contributed by atoms with Crippen molar-refractivity contribution in [1.82, 2.24) is 0 Å². The minimum atomic E-state index is -0.481. The molecule has 2 aromatic rings. The lowest BCUT2D eigenvalue weighted by atomic mass is 9.95. The van der Waals surface area contributed by atoms with E-state index >= 15 is 0 Å². The smallest absolute Gasteiger partial charge is 0.249 e. The molecule has 1 aliphatic heterocycles. The van der Waals surface area contributed by atoms with Crippen molar-refractivity contribution in [3.63, 3.8) is 0 Å². The SMILES string of the molecule is NC(=O)c1cccc(N2CCCCC2=O)c1-c1ccccc1. The molecular weight excluding hydrogens is 276 g/mol. The number of nitrogens with two attached hydrogens (primary N) is 1. The second-order valence-electron chi connectivity index (χ2n) is 5.43. The summed E-state index contributed by atoms with van der Waals surface area (Å²) in [5.74, 6) is -0.379. The highest BCUT2D eigenvalue weighted by Gasteiger charge is 2.24. The zero-order chi connectivity index (χ0) is 15.5. The number of carbonyl (C=O) groups is 2. The highest BCUT2D eigenvalue weighted by Crippen LogP contribution is 2.35. The van der Waals surface area contributed by atoms with E-state index in [0.717, 1.165) is 29.7 Å². The lowest BCUT2D eigenvalue weighted by molar-refractivity contribution is -0.119. The Morgan fingerprint density at radius 3 is 2.45 bits per heavy atom. The van der Waals surface area contributed by atoms with E-state index in [9.17, 15) is 9.59 Å². The molecule has 0 aliphatic carbocycles. The van der Waals surface area contributed by atoms with Gasteiger partial charge in [0, 0.05) is 24.1 Å². The van der Waals surface area contributed by atoms with Crippen LogP contribution in [0, 0.1) is 0 Å². The lowest BCUT2D eigenvalue weighted by Gasteiger charge is -2.29. The van der Waals surface area contributed by atoms with Gasteiger partial charge >= 0.3 is 0 Å². The number of nitrogens with zero attached hydrogens (tertiary/aromatic N) is 1. The summed E-state index contributed by atoms with van der Waals surface area (Å²) in [6.07, 6.45) is 2.45. The molecule has 1 aliphatic rings. The van der Waals surface area contributed by atoms with Gasteiger partial charge in [0.15, 0.2) is 0 Å². The molecule has 0 bridgehead atoms. The number of piperidine rings is 1. The molecule has 2 aromatic carbocycles. The van der Waals surface area contributed by atoms with E-state index in [2.05, 4.69) is 0 Å². The van der Waals surface area contributed by atoms with Gasteiger partial charge in [0.2, 0.25) is 11.8 Å². The first-order chi connectivity index (χ1) is 10.7. The summed E-state index contributed by atoms with van der Waals surface area (Å²) in [6.45, 7) is 0.681. The highest BCUT2D eigenvalue weighted by molar-refractivity contribution is 6.06. The van der Waals surface area contributed by atoms with Gasteiger partial charge < -0.3 is 10.6 Å². The molecule has 0 unspecified atom stereocenters. The topological polar surface area (TPSA) is 63.4 Å². The summed E-state index contributed by atoms with van der Waals surface area (Å²) >= 11 is 0. The summed E-state index contributed by atoms with van der Waals surface area (Å²) in [4.78, 5) is 25.9. The standard InChI is InChI=1S/C18H18N2O2/c19-18(22)14-9-6-10-15(20-12-5-4-11-16(20)21)17(14)13-7-2-1-3-8-13/h1-3,6-10H,4-5,11-12H2,(H2,19,22). The van der Waals surface area contributed by atoms with Crippen LogP contribution < -0.4 is 10.6 Å². The average Bonchev–Trinajstić information content (AvgIpc) is 2.55. The van der Waals surface area contributed by atoms with Crippen molar-refractivity contribution in [2.45, 2.75) is 19.3 Å². The van der Waals surface area contributed by atoms with Crippen molar-refractivity contribution in [2.75, 3.05) is 11.4 Å². The van der Waals surface area contributed by atoms with Crippen LogP contribution in [0.25, 0.3) is 11.1 Å². The Kier molecular flexibility index (Phi) is 3.92. The fraction of sp³-hybridized carbons (Fsp3) is 0.222. The number of hydrogen-bond acceptors (Lipinski definition) is 2. The summed E-state index contributed by atoms with van der Waals surface area (Å²) in [5, 5.41) is 0. The summed E-state index contributed by atoms with van der Waals surface area (Å²) < 4.78 is 0. The molecule has 1 heterocycles. The monoisotopic (exact) mass is 294 g/mol. The third kappa shape index (κ3) is 2.60. The van der Waals surface area contributed by atoms with Gasteiger partial charge in [-0.15, -0.1) is 0 Å². The fourth-order valence-electron chi connectivity index (χ4n) is 2.94. The van der Waals surface area contributed by atoms with Crippen molar-refractivity contribution in [1.29, 1.82) is 0 Å². The van der Waals surface area contributed by atoms with E-state index in [1.54, 1.807) is 17.0 Å². The number of hydrogen-bond donors (Lipinski definition) is 1. The average molecular weight is 294 g/mol. The van der Waals surface area contributed by atoms with Gasteiger partial charge in [-0.3, -0.25) is 9.59 Å². The normalized spacial score (nSPS) is 14.9. The molecule has 0 spiro atoms. The number of anilines is 1. The van der Waals surface area contributed by atoms with Crippen molar-refractivity contribution in [3.8, 4) is 11.1 Å². The molecule has 0 atom stereocenters. The van der Waals surface area contributed by atoms with Gasteiger partial charge in [-0.05, 0) is 30.5 Å². The predicted octanol–water partition coefficient (Wildman–Crippen LogP) is 2.97. The first kappa shape index (κ1) is 14.3. The van der Waals surface area contributed by atoms with E-state index in [1.807, 2.05) is 36.4 Å². The molecule has 1 fully saturated rings. The van der Waals surface area contributed by atoms with Crippen molar-refractivity contribution in [2.24, 2.45) is 5.73 Å². The zero-order valence-corrected chi connectivity index (χ0v) is 12.3. The van der Waals surface area contributed by atoms with E-state index < -0.39 is 5.91 Å². The number of amides is 2. The summed E-state index contributed by atoms with van der Waals surface area (Å²) in [6, 6.07) is 15.0. The molecule has 22 heavy (non-hydrogen) atoms. The largest absolute Gasteiger partial charge is 0.366 e. The third-order valence-corrected chi connectivity index (χ3v) is 3.98. The Hall–Kier alpha value is -2.62. The van der Waals surface area contributed by atoms with Crippen LogP contribution in [-0.4, -0.2) is 18.4 Å². The van der Waals surface area contributed by atoms with E-state index in [-0.39, 0.29) is 5.91 Å². The molecular formula is C18H18N2O2. The third-order valence-electron chi connectivity index (χ3n) is 3.98. The van der Waals surface area contributed by atoms with Crippen LogP contribution >= 0.6 is 0 Å². The Balaban J connectivity index is 2.20. The quantitative estimate of drug-likeness (QED) is 0.946. The molecule has 0 aromatic heterocycles. The van der Waals surface area contributed by atoms with Crippen LogP contribution in [0.4, 0.5) is 5.69 Å². The number of carbonyl (C=O) groups excluding carboxylic acids is 2. The molecule has 2 amide bonds. The van der Waals surface area contributed by atoms with Gasteiger partial charge in [-0.25, -0.2) is 0 Å². The molecule has 4 nitrogen and oxygen atoms in total. The van der Waals surface area contributed by atoms with Gasteiger partial charge in [0.05, 0.1) is 5.69 Å². The molecule has 0 radical (unpaired) electrons. The van der Waals surface area contributed by atoms with Gasteiger partial charge in [0.1, 0.15) is 0 Å². The van der Waals surface area contributed by atoms with Gasteiger partial charge in [-0.1, -0.05) is 36.4 Å². The second-order valence-corrected chi connectivity index (χ2v) is 5.43. The van der Waals surface area contributed by atoms with Gasteiger partial charge in [0.25, 0.3) is 0 Å². The van der Waals surface area contributed by atoms with Crippen molar-refractivity contribution in [3.05, 3.63) is 54.1 Å². The first-order valence-corrected chi connectivity index (χ1v) is 7.47. The maximum atomic E-state index is 12.3. The predicted molar refractivity (Wildman–Crippen MR) is 86.6 cm³/mol. The highest BCUT2D eigenvalue weighted by atomic mass is 16.2. The number of benzene rings is 2. The molecule has 4 heteroatoms. The zero-order valence-electron chi connectivity index (χ0n) is 12.3. The summed E-state index contributed by atoms with van der Waals surface area (Å²) in [5.41, 5.74) is 8.39. The molecule has 0 saturated carbocycles. The van der Waals surface area contributed by atoms with Crippen LogP contribution in [0.3, 0.4) is 0 Å². The minimum Gasteiger partial charge on any atom is -0.366 e. The maximum absolute atomic E-state index is 12.3. The van der Waals surface area contributed by atoms with Crippen molar-refractivity contribution < 1.29 is 9.59 Å². The number of primary amides is 1. The molecule has 112 valence electrons. The van der Waals surface area contributed by atoms with Gasteiger partial charge in [-0.2, -0.15) is 0 Å². The van der Waals surface area contributed by atoms with Crippen LogP contribution in [0.1, 0.15) is 29.6 Å². The van der Waals surface area contributed by atoms with Crippen LogP contribution in [-0.2, 0) is 4.79 Å². The summed E-state index contributed by atoms with van der Waals surface area (Å²) in [7, 11) is 0. The number of rotatable bonds is 3. The van der Waals surface area contributed by atoms with Crippen LogP contribution in [0.5, 0.6) is 0 Å². The molecule has 3 rings (SSSR count). The minimum absolute atomic E-state index is 0.102. The molecule has 2 N–H and O–H groups in total. The molecule has 1 saturated heterocycles. The fourth-order valence-corrected chi connectivity index (χ4v) is 2.94. The Morgan fingerprint density at radius 1 is 1.00 bits per heavy atom.